The lowest BCUT2D eigenvalue weighted by Crippen LogP contribution is -2.38. The minimum Gasteiger partial charge on any atom is -0.481 e. The smallest absolute Gasteiger partial charge is 0.260 e. The summed E-state index contributed by atoms with van der Waals surface area (Å²) < 4.78 is 5.82. The van der Waals surface area contributed by atoms with Crippen molar-refractivity contribution in [3.63, 3.8) is 0 Å². The second-order valence-electron chi connectivity index (χ2n) is 6.27. The van der Waals surface area contributed by atoms with Crippen molar-refractivity contribution in [2.24, 2.45) is 0 Å². The molecule has 4 heteroatoms. The molecule has 0 unspecified atom stereocenters. The van der Waals surface area contributed by atoms with Gasteiger partial charge in [0, 0.05) is 6.54 Å². The maximum Gasteiger partial charge on any atom is 0.260 e. The zero-order valence-electron chi connectivity index (χ0n) is 14.5. The number of ether oxygens (including phenoxy) is 1. The Balaban J connectivity index is 1.68. The largest absolute Gasteiger partial charge is 0.481 e. The first-order valence-electron chi connectivity index (χ1n) is 8.95. The summed E-state index contributed by atoms with van der Waals surface area (Å²) in [7, 11) is 0. The molecule has 23 heavy (non-hydrogen) atoms. The number of hydrogen-bond acceptors (Lipinski definition) is 3. The Hall–Kier alpha value is -1.55. The molecule has 0 spiro atoms. The van der Waals surface area contributed by atoms with Crippen LogP contribution in [0.15, 0.2) is 24.3 Å². The van der Waals surface area contributed by atoms with E-state index in [1.807, 2.05) is 31.2 Å². The molecule has 1 N–H and O–H groups in total. The zero-order chi connectivity index (χ0) is 16.5. The van der Waals surface area contributed by atoms with E-state index in [-0.39, 0.29) is 5.91 Å². The number of carbonyl (C=O) groups is 1. The molecule has 0 radical (unpaired) electrons. The number of likely N-dealkylation sites (tertiary alicyclic amines) is 1. The fraction of sp³-hybridized carbons (Fsp3) is 0.632. The van der Waals surface area contributed by atoms with Gasteiger partial charge >= 0.3 is 0 Å². The Morgan fingerprint density at radius 1 is 1.26 bits per heavy atom. The fourth-order valence-corrected chi connectivity index (χ4v) is 3.00. The number of piperidine rings is 1. The van der Waals surface area contributed by atoms with Gasteiger partial charge in [0.2, 0.25) is 0 Å². The molecule has 0 aliphatic carbocycles. The van der Waals surface area contributed by atoms with Gasteiger partial charge in [-0.25, -0.2) is 0 Å². The molecule has 1 atom stereocenters. The van der Waals surface area contributed by atoms with Crippen LogP contribution in [0, 0.1) is 0 Å². The van der Waals surface area contributed by atoms with Crippen molar-refractivity contribution in [3.05, 3.63) is 29.8 Å². The molecule has 1 aromatic carbocycles. The summed E-state index contributed by atoms with van der Waals surface area (Å²) in [5.41, 5.74) is 1.14. The summed E-state index contributed by atoms with van der Waals surface area (Å²) in [5.74, 6) is 0.778. The van der Waals surface area contributed by atoms with Crippen molar-refractivity contribution in [2.75, 3.05) is 26.2 Å². The fourth-order valence-electron chi connectivity index (χ4n) is 3.00. The number of para-hydroxylation sites is 1. The third-order valence-corrected chi connectivity index (χ3v) is 4.43. The SMILES string of the molecule is CCc1ccccc1O[C@@H](C)C(=O)NCCCN1CCCCC1. The van der Waals surface area contributed by atoms with E-state index >= 15 is 0 Å². The lowest BCUT2D eigenvalue weighted by molar-refractivity contribution is -0.127. The molecule has 1 heterocycles. The van der Waals surface area contributed by atoms with E-state index in [9.17, 15) is 4.79 Å². The van der Waals surface area contributed by atoms with Crippen LogP contribution >= 0.6 is 0 Å². The first-order chi connectivity index (χ1) is 11.2. The highest BCUT2D eigenvalue weighted by Gasteiger charge is 2.15. The first kappa shape index (κ1) is 17.8. The molecule has 0 bridgehead atoms. The van der Waals surface area contributed by atoms with Crippen LogP contribution < -0.4 is 10.1 Å². The van der Waals surface area contributed by atoms with Crippen molar-refractivity contribution in [1.29, 1.82) is 0 Å². The molecule has 4 nitrogen and oxygen atoms in total. The number of rotatable bonds is 8. The lowest BCUT2D eigenvalue weighted by atomic mass is 10.1. The van der Waals surface area contributed by atoms with Gasteiger partial charge in [-0.2, -0.15) is 0 Å². The highest BCUT2D eigenvalue weighted by atomic mass is 16.5. The number of aryl methyl sites for hydroxylation is 1. The maximum atomic E-state index is 12.1. The number of carbonyl (C=O) groups excluding carboxylic acids is 1. The third-order valence-electron chi connectivity index (χ3n) is 4.43. The monoisotopic (exact) mass is 318 g/mol. The van der Waals surface area contributed by atoms with Crippen molar-refractivity contribution in [2.45, 2.75) is 52.1 Å². The predicted octanol–water partition coefficient (Wildman–Crippen LogP) is 3.01. The van der Waals surface area contributed by atoms with Crippen molar-refractivity contribution < 1.29 is 9.53 Å². The number of benzene rings is 1. The summed E-state index contributed by atoms with van der Waals surface area (Å²) in [6.07, 6.45) is 5.44. The van der Waals surface area contributed by atoms with Gasteiger partial charge < -0.3 is 15.0 Å². The van der Waals surface area contributed by atoms with E-state index in [4.69, 9.17) is 4.74 Å². The molecule has 2 rings (SSSR count). The van der Waals surface area contributed by atoms with Gasteiger partial charge in [0.25, 0.3) is 5.91 Å². The minimum atomic E-state index is -0.460. The Morgan fingerprint density at radius 2 is 2.00 bits per heavy atom. The van der Waals surface area contributed by atoms with E-state index in [1.54, 1.807) is 0 Å². The number of nitrogens with zero attached hydrogens (tertiary/aromatic N) is 1. The van der Waals surface area contributed by atoms with Gasteiger partial charge in [-0.05, 0) is 63.9 Å². The third kappa shape index (κ3) is 5.87. The highest BCUT2D eigenvalue weighted by Crippen LogP contribution is 2.19. The molecular formula is C19H30N2O2. The standard InChI is InChI=1S/C19H30N2O2/c1-3-17-10-5-6-11-18(17)23-16(2)19(22)20-12-9-15-21-13-7-4-8-14-21/h5-6,10-11,16H,3-4,7-9,12-15H2,1-2H3,(H,20,22)/t16-/m0/s1. The van der Waals surface area contributed by atoms with Gasteiger partial charge in [0.1, 0.15) is 5.75 Å². The molecular weight excluding hydrogens is 288 g/mol. The number of amides is 1. The zero-order valence-corrected chi connectivity index (χ0v) is 14.5. The lowest BCUT2D eigenvalue weighted by Gasteiger charge is -2.26. The van der Waals surface area contributed by atoms with Crippen molar-refractivity contribution >= 4 is 5.91 Å². The molecule has 128 valence electrons. The van der Waals surface area contributed by atoms with E-state index in [0.29, 0.717) is 0 Å². The Kier molecular flexibility index (Phi) is 7.40. The molecule has 1 aromatic rings. The normalized spacial score (nSPS) is 16.8. The molecule has 1 aliphatic heterocycles. The van der Waals surface area contributed by atoms with E-state index in [0.717, 1.165) is 37.2 Å². The first-order valence-corrected chi connectivity index (χ1v) is 8.95. The molecule has 1 aliphatic rings. The average molecular weight is 318 g/mol. The quantitative estimate of drug-likeness (QED) is 0.749. The molecule has 0 aromatic heterocycles. The summed E-state index contributed by atoms with van der Waals surface area (Å²) in [6.45, 7) is 8.12. The summed E-state index contributed by atoms with van der Waals surface area (Å²) in [6, 6.07) is 7.91. The summed E-state index contributed by atoms with van der Waals surface area (Å²) in [5, 5.41) is 2.99. The van der Waals surface area contributed by atoms with E-state index in [2.05, 4.69) is 17.1 Å². The second-order valence-corrected chi connectivity index (χ2v) is 6.27. The van der Waals surface area contributed by atoms with Crippen LogP contribution in [-0.4, -0.2) is 43.1 Å². The average Bonchev–Trinajstić information content (AvgIpc) is 2.60. The number of nitrogens with one attached hydrogen (secondary N) is 1. The van der Waals surface area contributed by atoms with Gasteiger partial charge in [0.05, 0.1) is 0 Å². The van der Waals surface area contributed by atoms with E-state index in [1.165, 1.54) is 32.4 Å². The van der Waals surface area contributed by atoms with Crippen LogP contribution in [0.2, 0.25) is 0 Å². The van der Waals surface area contributed by atoms with Crippen LogP contribution in [-0.2, 0) is 11.2 Å². The molecule has 1 saturated heterocycles. The maximum absolute atomic E-state index is 12.1. The topological polar surface area (TPSA) is 41.6 Å². The molecule has 1 amide bonds. The Morgan fingerprint density at radius 3 is 2.74 bits per heavy atom. The molecule has 0 saturated carbocycles. The van der Waals surface area contributed by atoms with Crippen LogP contribution in [0.5, 0.6) is 5.75 Å². The summed E-state index contributed by atoms with van der Waals surface area (Å²) in [4.78, 5) is 14.6. The molecule has 1 fully saturated rings. The number of hydrogen-bond donors (Lipinski definition) is 1. The second kappa shape index (κ2) is 9.56. The Bertz CT molecular complexity index is 484. The highest BCUT2D eigenvalue weighted by molar-refractivity contribution is 5.80. The van der Waals surface area contributed by atoms with Crippen LogP contribution in [0.4, 0.5) is 0 Å². The minimum absolute atomic E-state index is 0.0328. The van der Waals surface area contributed by atoms with Gasteiger partial charge in [0.15, 0.2) is 6.10 Å². The summed E-state index contributed by atoms with van der Waals surface area (Å²) >= 11 is 0. The Labute approximate surface area is 140 Å². The van der Waals surface area contributed by atoms with Crippen molar-refractivity contribution in [1.82, 2.24) is 10.2 Å². The van der Waals surface area contributed by atoms with Gasteiger partial charge in [-0.3, -0.25) is 4.79 Å². The van der Waals surface area contributed by atoms with Crippen molar-refractivity contribution in [3.8, 4) is 5.75 Å². The van der Waals surface area contributed by atoms with Crippen LogP contribution in [0.3, 0.4) is 0 Å². The van der Waals surface area contributed by atoms with Gasteiger partial charge in [-0.1, -0.05) is 31.5 Å². The van der Waals surface area contributed by atoms with Crippen LogP contribution in [0.25, 0.3) is 0 Å². The van der Waals surface area contributed by atoms with Gasteiger partial charge in [-0.15, -0.1) is 0 Å². The predicted molar refractivity (Wildman–Crippen MR) is 93.8 cm³/mol. The van der Waals surface area contributed by atoms with Crippen LogP contribution in [0.1, 0.15) is 45.1 Å². The van der Waals surface area contributed by atoms with E-state index < -0.39 is 6.10 Å².